The molecule has 0 aromatic heterocycles. The Labute approximate surface area is 93.0 Å². The van der Waals surface area contributed by atoms with E-state index in [1.54, 1.807) is 30.3 Å². The Kier molecular flexibility index (Phi) is 3.68. The minimum Gasteiger partial charge on any atom is -0.368 e. The molecule has 2 unspecified atom stereocenters. The van der Waals surface area contributed by atoms with Crippen molar-refractivity contribution in [3.8, 4) is 0 Å². The summed E-state index contributed by atoms with van der Waals surface area (Å²) in [6.07, 6.45) is 0. The summed E-state index contributed by atoms with van der Waals surface area (Å²) >= 11 is 5.51. The van der Waals surface area contributed by atoms with Gasteiger partial charge in [-0.05, 0) is 19.1 Å². The molecule has 0 bridgehead atoms. The molecule has 1 amide bonds. The van der Waals surface area contributed by atoms with Gasteiger partial charge in [-0.3, -0.25) is 4.79 Å². The van der Waals surface area contributed by atoms with Crippen LogP contribution in [0.2, 0.25) is 0 Å². The predicted molar refractivity (Wildman–Crippen MR) is 58.4 cm³/mol. The molecule has 82 valence electrons. The van der Waals surface area contributed by atoms with Gasteiger partial charge >= 0.3 is 0 Å². The summed E-state index contributed by atoms with van der Waals surface area (Å²) in [6.45, 7) is 1.34. The molecule has 0 saturated carbocycles. The molecule has 4 N–H and O–H groups in total. The molecule has 1 aromatic rings. The van der Waals surface area contributed by atoms with Crippen molar-refractivity contribution in [2.75, 3.05) is 0 Å². The van der Waals surface area contributed by atoms with E-state index in [2.05, 4.69) is 5.32 Å². The maximum absolute atomic E-state index is 11.6. The highest BCUT2D eigenvalue weighted by Gasteiger charge is 2.29. The molecule has 1 rings (SSSR count). The van der Waals surface area contributed by atoms with Crippen molar-refractivity contribution in [3.05, 3.63) is 35.9 Å². The third kappa shape index (κ3) is 3.20. The summed E-state index contributed by atoms with van der Waals surface area (Å²) in [4.78, 5) is 11.6. The minimum absolute atomic E-state index is 0.420. The van der Waals surface area contributed by atoms with Crippen LogP contribution in [0.5, 0.6) is 0 Å². The summed E-state index contributed by atoms with van der Waals surface area (Å²) in [5, 5.41) is 12.0. The van der Waals surface area contributed by atoms with E-state index in [4.69, 9.17) is 17.3 Å². The van der Waals surface area contributed by atoms with Crippen LogP contribution in [0.4, 0.5) is 0 Å². The van der Waals surface area contributed by atoms with Gasteiger partial charge in [0.05, 0.1) is 0 Å². The number of hydrogen-bond acceptors (Lipinski definition) is 3. The number of rotatable bonds is 3. The maximum Gasteiger partial charge on any atom is 0.253 e. The number of carbonyl (C=O) groups is 1. The standard InChI is InChI=1S/C10H13ClN2O2/c1-10(15,9(11)12)13-8(14)7-5-3-2-4-6-7/h2-6,9,15H,12H2,1H3,(H,13,14). The van der Waals surface area contributed by atoms with Gasteiger partial charge in [-0.25, -0.2) is 0 Å². The molecule has 0 fully saturated rings. The molecular formula is C10H13ClN2O2. The van der Waals surface area contributed by atoms with E-state index in [1.165, 1.54) is 6.92 Å². The van der Waals surface area contributed by atoms with Crippen molar-refractivity contribution in [3.63, 3.8) is 0 Å². The Morgan fingerprint density at radius 2 is 2.07 bits per heavy atom. The molecule has 0 aliphatic carbocycles. The lowest BCUT2D eigenvalue weighted by molar-refractivity contribution is 0.0207. The first-order valence-corrected chi connectivity index (χ1v) is 4.87. The largest absolute Gasteiger partial charge is 0.368 e. The molecule has 0 aliphatic heterocycles. The molecule has 0 radical (unpaired) electrons. The second kappa shape index (κ2) is 4.61. The van der Waals surface area contributed by atoms with E-state index in [0.717, 1.165) is 0 Å². The van der Waals surface area contributed by atoms with Crippen molar-refractivity contribution in [1.29, 1.82) is 0 Å². The van der Waals surface area contributed by atoms with Crippen molar-refractivity contribution in [2.24, 2.45) is 5.73 Å². The smallest absolute Gasteiger partial charge is 0.253 e. The van der Waals surface area contributed by atoms with Crippen LogP contribution >= 0.6 is 11.6 Å². The molecule has 0 aliphatic rings. The zero-order chi connectivity index (χ0) is 11.5. The highest BCUT2D eigenvalue weighted by Crippen LogP contribution is 2.09. The minimum atomic E-state index is -1.63. The van der Waals surface area contributed by atoms with Gasteiger partial charge in [-0.1, -0.05) is 18.2 Å². The molecule has 15 heavy (non-hydrogen) atoms. The molecular weight excluding hydrogens is 216 g/mol. The number of hydrogen-bond donors (Lipinski definition) is 3. The number of alkyl halides is 1. The summed E-state index contributed by atoms with van der Waals surface area (Å²) in [6, 6.07) is 8.51. The van der Waals surface area contributed by atoms with Crippen LogP contribution in [0.15, 0.2) is 30.3 Å². The first kappa shape index (κ1) is 12.0. The Bertz CT molecular complexity index is 339. The normalized spacial score (nSPS) is 16.5. The third-order valence-corrected chi connectivity index (χ3v) is 2.36. The maximum atomic E-state index is 11.6. The first-order valence-electron chi connectivity index (χ1n) is 4.43. The van der Waals surface area contributed by atoms with Crippen LogP contribution in [0.3, 0.4) is 0 Å². The number of halogens is 1. The van der Waals surface area contributed by atoms with Crippen LogP contribution in [0.25, 0.3) is 0 Å². The first-order chi connectivity index (χ1) is 6.93. The second-order valence-electron chi connectivity index (χ2n) is 3.37. The summed E-state index contributed by atoms with van der Waals surface area (Å²) in [7, 11) is 0. The van der Waals surface area contributed by atoms with Gasteiger partial charge in [-0.15, -0.1) is 11.6 Å². The summed E-state index contributed by atoms with van der Waals surface area (Å²) in [5.74, 6) is -0.420. The van der Waals surface area contributed by atoms with Crippen molar-refractivity contribution >= 4 is 17.5 Å². The molecule has 5 heteroatoms. The third-order valence-electron chi connectivity index (χ3n) is 1.94. The highest BCUT2D eigenvalue weighted by molar-refractivity contribution is 6.21. The number of nitrogens with one attached hydrogen (secondary N) is 1. The monoisotopic (exact) mass is 228 g/mol. The Balaban J connectivity index is 2.73. The lowest BCUT2D eigenvalue weighted by atomic mass is 10.2. The average Bonchev–Trinajstić information content (AvgIpc) is 2.18. The van der Waals surface area contributed by atoms with E-state index in [0.29, 0.717) is 5.56 Å². The van der Waals surface area contributed by atoms with Gasteiger partial charge in [0.1, 0.15) is 5.50 Å². The SMILES string of the molecule is CC(O)(NC(=O)c1ccccc1)C(N)Cl. The van der Waals surface area contributed by atoms with Gasteiger partial charge in [0.2, 0.25) is 0 Å². The van der Waals surface area contributed by atoms with Gasteiger partial charge in [0, 0.05) is 5.56 Å². The topological polar surface area (TPSA) is 75.3 Å². The van der Waals surface area contributed by atoms with Crippen molar-refractivity contribution < 1.29 is 9.90 Å². The molecule has 2 atom stereocenters. The van der Waals surface area contributed by atoms with E-state index in [1.807, 2.05) is 0 Å². The average molecular weight is 229 g/mol. The van der Waals surface area contributed by atoms with Crippen LogP contribution in [0, 0.1) is 0 Å². The molecule has 4 nitrogen and oxygen atoms in total. The predicted octanol–water partition coefficient (Wildman–Crippen LogP) is 0.648. The fraction of sp³-hybridized carbons (Fsp3) is 0.300. The van der Waals surface area contributed by atoms with E-state index in [9.17, 15) is 9.90 Å². The lowest BCUT2D eigenvalue weighted by Gasteiger charge is -2.26. The summed E-state index contributed by atoms with van der Waals surface area (Å²) < 4.78 is 0. The van der Waals surface area contributed by atoms with E-state index >= 15 is 0 Å². The number of aliphatic hydroxyl groups is 1. The van der Waals surface area contributed by atoms with Gasteiger partial charge in [-0.2, -0.15) is 0 Å². The lowest BCUT2D eigenvalue weighted by Crippen LogP contribution is -2.55. The fourth-order valence-electron chi connectivity index (χ4n) is 0.960. The van der Waals surface area contributed by atoms with Gasteiger partial charge < -0.3 is 16.2 Å². The zero-order valence-corrected chi connectivity index (χ0v) is 9.03. The number of benzene rings is 1. The second-order valence-corrected chi connectivity index (χ2v) is 3.84. The van der Waals surface area contributed by atoms with E-state index < -0.39 is 17.1 Å². The Morgan fingerprint density at radius 3 is 2.53 bits per heavy atom. The van der Waals surface area contributed by atoms with Gasteiger partial charge in [0.25, 0.3) is 5.91 Å². The van der Waals surface area contributed by atoms with Crippen LogP contribution in [0.1, 0.15) is 17.3 Å². The summed E-state index contributed by atoms with van der Waals surface area (Å²) in [5.41, 5.74) is 3.04. The Morgan fingerprint density at radius 1 is 1.53 bits per heavy atom. The van der Waals surface area contributed by atoms with Gasteiger partial charge in [0.15, 0.2) is 5.72 Å². The van der Waals surface area contributed by atoms with E-state index in [-0.39, 0.29) is 0 Å². The molecule has 1 aromatic carbocycles. The van der Waals surface area contributed by atoms with Crippen molar-refractivity contribution in [2.45, 2.75) is 18.1 Å². The molecule has 0 saturated heterocycles. The number of carbonyl (C=O) groups excluding carboxylic acids is 1. The zero-order valence-electron chi connectivity index (χ0n) is 8.27. The quantitative estimate of drug-likeness (QED) is 0.404. The van der Waals surface area contributed by atoms with Crippen LogP contribution in [-0.2, 0) is 0 Å². The Hall–Kier alpha value is -1.10. The van der Waals surface area contributed by atoms with Crippen LogP contribution < -0.4 is 11.1 Å². The highest BCUT2D eigenvalue weighted by atomic mass is 35.5. The molecule has 0 spiro atoms. The number of amides is 1. The molecule has 0 heterocycles. The van der Waals surface area contributed by atoms with Crippen LogP contribution in [-0.4, -0.2) is 22.2 Å². The van der Waals surface area contributed by atoms with Crippen molar-refractivity contribution in [1.82, 2.24) is 5.32 Å². The number of nitrogens with two attached hydrogens (primary N) is 1. The fourth-order valence-corrected chi connectivity index (χ4v) is 1.02.